The van der Waals surface area contributed by atoms with Crippen molar-refractivity contribution in [1.29, 1.82) is 0 Å². The van der Waals surface area contributed by atoms with Gasteiger partial charge in [0, 0.05) is 9.75 Å². The van der Waals surface area contributed by atoms with Crippen LogP contribution in [0.25, 0.3) is 6.08 Å². The molecular formula is C19H18N2O4S4. The van der Waals surface area contributed by atoms with Crippen molar-refractivity contribution in [3.05, 3.63) is 43.3 Å². The fraction of sp³-hybridized carbons (Fsp3) is 0.263. The summed E-state index contributed by atoms with van der Waals surface area (Å²) >= 11 is 9.27. The van der Waals surface area contributed by atoms with Crippen molar-refractivity contribution < 1.29 is 19.1 Å². The lowest BCUT2D eigenvalue weighted by Crippen LogP contribution is -2.36. The first-order valence-electron chi connectivity index (χ1n) is 8.67. The highest BCUT2D eigenvalue weighted by atomic mass is 32.2. The van der Waals surface area contributed by atoms with E-state index in [1.165, 1.54) is 39.3 Å². The van der Waals surface area contributed by atoms with Crippen molar-refractivity contribution >= 4 is 79.8 Å². The van der Waals surface area contributed by atoms with E-state index in [9.17, 15) is 14.4 Å². The second-order valence-electron chi connectivity index (χ2n) is 6.04. The molecule has 1 N–H and O–H groups in total. The average molecular weight is 467 g/mol. The fourth-order valence-electron chi connectivity index (χ4n) is 2.61. The molecule has 152 valence electrons. The lowest BCUT2D eigenvalue weighted by molar-refractivity contribution is -0.126. The standard InChI is InChI=1S/C19H18N2O4S4/c1-4-25-18(24)15-10(2)11(3)28-16(15)20-14(22)9-21-17(23)13(29-19(21)26)8-12-6-5-7-27-12/h5-8H,4,9H2,1-3H3,(H,20,22). The molecule has 3 heterocycles. The van der Waals surface area contributed by atoms with Gasteiger partial charge in [-0.3, -0.25) is 14.5 Å². The van der Waals surface area contributed by atoms with Crippen molar-refractivity contribution in [3.8, 4) is 0 Å². The molecule has 2 aromatic heterocycles. The Bertz CT molecular complexity index is 1010. The van der Waals surface area contributed by atoms with Gasteiger partial charge in [0.15, 0.2) is 0 Å². The third-order valence-corrected chi connectivity index (χ3v) is 7.43. The van der Waals surface area contributed by atoms with Gasteiger partial charge in [-0.1, -0.05) is 30.0 Å². The van der Waals surface area contributed by atoms with Crippen LogP contribution in [0.1, 0.15) is 32.6 Å². The maximum absolute atomic E-state index is 12.7. The Morgan fingerprint density at radius 2 is 2.10 bits per heavy atom. The summed E-state index contributed by atoms with van der Waals surface area (Å²) in [5.41, 5.74) is 1.12. The summed E-state index contributed by atoms with van der Waals surface area (Å²) in [5.74, 6) is -1.20. The second-order valence-corrected chi connectivity index (χ2v) is 9.92. The van der Waals surface area contributed by atoms with Gasteiger partial charge in [0.25, 0.3) is 5.91 Å². The molecule has 10 heteroatoms. The Morgan fingerprint density at radius 3 is 2.76 bits per heavy atom. The molecule has 0 atom stereocenters. The van der Waals surface area contributed by atoms with Crippen LogP contribution in [0, 0.1) is 13.8 Å². The van der Waals surface area contributed by atoms with Crippen molar-refractivity contribution in [2.24, 2.45) is 0 Å². The third-order valence-electron chi connectivity index (χ3n) is 4.11. The first-order valence-corrected chi connectivity index (χ1v) is 11.6. The number of thioether (sulfide) groups is 1. The van der Waals surface area contributed by atoms with Crippen molar-refractivity contribution in [3.63, 3.8) is 0 Å². The minimum atomic E-state index is -0.478. The predicted molar refractivity (Wildman–Crippen MR) is 123 cm³/mol. The van der Waals surface area contributed by atoms with Crippen LogP contribution in [0.2, 0.25) is 0 Å². The number of carbonyl (C=O) groups excluding carboxylic acids is 3. The summed E-state index contributed by atoms with van der Waals surface area (Å²) in [5, 5.41) is 5.08. The molecule has 1 aliphatic heterocycles. The third kappa shape index (κ3) is 4.77. The van der Waals surface area contributed by atoms with Crippen molar-refractivity contribution in [1.82, 2.24) is 4.90 Å². The Kier molecular flexibility index (Phi) is 6.89. The van der Waals surface area contributed by atoms with Gasteiger partial charge >= 0.3 is 5.97 Å². The van der Waals surface area contributed by atoms with Gasteiger partial charge in [0.2, 0.25) is 5.91 Å². The number of anilines is 1. The van der Waals surface area contributed by atoms with E-state index in [1.807, 2.05) is 31.4 Å². The highest BCUT2D eigenvalue weighted by molar-refractivity contribution is 8.26. The smallest absolute Gasteiger partial charge is 0.341 e. The number of ether oxygens (including phenoxy) is 1. The van der Waals surface area contributed by atoms with E-state index in [0.717, 1.165) is 15.3 Å². The van der Waals surface area contributed by atoms with Crippen LogP contribution in [0.15, 0.2) is 22.4 Å². The summed E-state index contributed by atoms with van der Waals surface area (Å²) in [6.45, 7) is 5.43. The SMILES string of the molecule is CCOC(=O)c1c(NC(=O)CN2C(=O)C(=Cc3cccs3)SC2=S)sc(C)c1C. The molecular weight excluding hydrogens is 448 g/mol. The Balaban J connectivity index is 1.73. The van der Waals surface area contributed by atoms with Gasteiger partial charge < -0.3 is 10.1 Å². The molecule has 0 saturated carbocycles. The molecule has 2 amide bonds. The number of hydrogen-bond acceptors (Lipinski definition) is 8. The van der Waals surface area contributed by atoms with Gasteiger partial charge in [0.05, 0.1) is 17.1 Å². The number of rotatable bonds is 6. The minimum absolute atomic E-state index is 0.218. The average Bonchev–Trinajstić information content (AvgIpc) is 3.33. The van der Waals surface area contributed by atoms with Crippen LogP contribution >= 0.6 is 46.7 Å². The number of amides is 2. The van der Waals surface area contributed by atoms with E-state index in [1.54, 1.807) is 13.0 Å². The van der Waals surface area contributed by atoms with Crippen LogP contribution in [-0.2, 0) is 14.3 Å². The van der Waals surface area contributed by atoms with Crippen molar-refractivity contribution in [2.45, 2.75) is 20.8 Å². The fourth-order valence-corrected chi connectivity index (χ4v) is 5.66. The molecule has 1 fully saturated rings. The molecule has 0 radical (unpaired) electrons. The summed E-state index contributed by atoms with van der Waals surface area (Å²) in [6.07, 6.45) is 1.77. The molecule has 1 saturated heterocycles. The van der Waals surface area contributed by atoms with Crippen LogP contribution in [0.4, 0.5) is 5.00 Å². The normalized spacial score (nSPS) is 15.3. The van der Waals surface area contributed by atoms with E-state index < -0.39 is 11.9 Å². The highest BCUT2D eigenvalue weighted by Crippen LogP contribution is 2.35. The zero-order valence-electron chi connectivity index (χ0n) is 15.9. The van der Waals surface area contributed by atoms with Crippen LogP contribution in [0.5, 0.6) is 0 Å². The van der Waals surface area contributed by atoms with E-state index in [4.69, 9.17) is 17.0 Å². The molecule has 0 unspecified atom stereocenters. The quantitative estimate of drug-likeness (QED) is 0.385. The molecule has 0 aromatic carbocycles. The first kappa shape index (κ1) is 21.7. The second kappa shape index (κ2) is 9.21. The van der Waals surface area contributed by atoms with Crippen LogP contribution in [-0.4, -0.2) is 40.2 Å². The number of hydrogen-bond donors (Lipinski definition) is 1. The monoisotopic (exact) mass is 466 g/mol. The van der Waals surface area contributed by atoms with Gasteiger partial charge in [-0.2, -0.15) is 0 Å². The maximum atomic E-state index is 12.7. The molecule has 29 heavy (non-hydrogen) atoms. The van der Waals surface area contributed by atoms with Gasteiger partial charge in [0.1, 0.15) is 15.9 Å². The number of thiocarbonyl (C=S) groups is 1. The lowest BCUT2D eigenvalue weighted by atomic mass is 10.1. The molecule has 0 aliphatic carbocycles. The number of carbonyl (C=O) groups is 3. The number of nitrogens with one attached hydrogen (secondary N) is 1. The maximum Gasteiger partial charge on any atom is 0.341 e. The van der Waals surface area contributed by atoms with E-state index in [-0.39, 0.29) is 19.1 Å². The summed E-state index contributed by atoms with van der Waals surface area (Å²) in [4.78, 5) is 41.1. The Morgan fingerprint density at radius 1 is 1.34 bits per heavy atom. The predicted octanol–water partition coefficient (Wildman–Crippen LogP) is 4.44. The molecule has 3 rings (SSSR count). The van der Waals surface area contributed by atoms with E-state index in [2.05, 4.69) is 5.32 Å². The zero-order valence-corrected chi connectivity index (χ0v) is 19.2. The largest absolute Gasteiger partial charge is 0.462 e. The van der Waals surface area contributed by atoms with Crippen LogP contribution in [0.3, 0.4) is 0 Å². The lowest BCUT2D eigenvalue weighted by Gasteiger charge is -2.14. The number of aryl methyl sites for hydroxylation is 1. The van der Waals surface area contributed by atoms with Gasteiger partial charge in [-0.25, -0.2) is 4.79 Å². The minimum Gasteiger partial charge on any atom is -0.462 e. The van der Waals surface area contributed by atoms with E-state index >= 15 is 0 Å². The molecule has 6 nitrogen and oxygen atoms in total. The first-order chi connectivity index (χ1) is 13.8. The summed E-state index contributed by atoms with van der Waals surface area (Å²) < 4.78 is 5.43. The number of esters is 1. The number of thiophene rings is 2. The molecule has 0 spiro atoms. The zero-order chi connectivity index (χ0) is 21.1. The van der Waals surface area contributed by atoms with Crippen molar-refractivity contribution in [2.75, 3.05) is 18.5 Å². The van der Waals surface area contributed by atoms with Gasteiger partial charge in [-0.05, 0) is 43.9 Å². The highest BCUT2D eigenvalue weighted by Gasteiger charge is 2.34. The Hall–Kier alpha value is -2.01. The molecule has 1 aliphatic rings. The summed E-state index contributed by atoms with van der Waals surface area (Å²) in [6, 6.07) is 3.80. The molecule has 2 aromatic rings. The van der Waals surface area contributed by atoms with E-state index in [0.29, 0.717) is 19.8 Å². The molecule has 0 bridgehead atoms. The summed E-state index contributed by atoms with van der Waals surface area (Å²) in [7, 11) is 0. The van der Waals surface area contributed by atoms with Gasteiger partial charge in [-0.15, -0.1) is 22.7 Å². The van der Waals surface area contributed by atoms with Crippen LogP contribution < -0.4 is 5.32 Å². The Labute approximate surface area is 185 Å². The number of nitrogens with zero attached hydrogens (tertiary/aromatic N) is 1. The topological polar surface area (TPSA) is 75.7 Å².